The summed E-state index contributed by atoms with van der Waals surface area (Å²) in [6, 6.07) is 0.756. The zero-order valence-electron chi connectivity index (χ0n) is 11.1. The SMILES string of the molecule is CC(C)CNC1CCN(C(C)(C)C)CC1. The molecule has 0 unspecified atom stereocenters. The summed E-state index contributed by atoms with van der Waals surface area (Å²) < 4.78 is 0. The van der Waals surface area contributed by atoms with Crippen LogP contribution >= 0.6 is 0 Å². The molecular weight excluding hydrogens is 184 g/mol. The molecule has 1 heterocycles. The van der Waals surface area contributed by atoms with Gasteiger partial charge in [0.25, 0.3) is 0 Å². The van der Waals surface area contributed by atoms with E-state index in [1.54, 1.807) is 0 Å². The predicted octanol–water partition coefficient (Wildman–Crippen LogP) is 2.49. The van der Waals surface area contributed by atoms with E-state index >= 15 is 0 Å². The van der Waals surface area contributed by atoms with E-state index in [0.717, 1.165) is 12.0 Å². The first-order valence-electron chi connectivity index (χ1n) is 6.38. The molecule has 15 heavy (non-hydrogen) atoms. The lowest BCUT2D eigenvalue weighted by Gasteiger charge is -2.41. The van der Waals surface area contributed by atoms with Gasteiger partial charge < -0.3 is 5.32 Å². The van der Waals surface area contributed by atoms with Gasteiger partial charge in [-0.2, -0.15) is 0 Å². The van der Waals surface area contributed by atoms with Crippen molar-refractivity contribution in [1.82, 2.24) is 10.2 Å². The third kappa shape index (κ3) is 4.52. The molecule has 1 aliphatic heterocycles. The number of likely N-dealkylation sites (tertiary alicyclic amines) is 1. The molecule has 0 aromatic rings. The smallest absolute Gasteiger partial charge is 0.0125 e. The average Bonchev–Trinajstić information content (AvgIpc) is 2.14. The summed E-state index contributed by atoms with van der Waals surface area (Å²) in [6.45, 7) is 15.2. The zero-order valence-corrected chi connectivity index (χ0v) is 11.1. The van der Waals surface area contributed by atoms with Crippen molar-refractivity contribution in [1.29, 1.82) is 0 Å². The molecule has 1 N–H and O–H groups in total. The van der Waals surface area contributed by atoms with Gasteiger partial charge in [-0.25, -0.2) is 0 Å². The van der Waals surface area contributed by atoms with Gasteiger partial charge in [-0.15, -0.1) is 0 Å². The standard InChI is InChI=1S/C13H28N2/c1-11(2)10-14-12-6-8-15(9-7-12)13(3,4)5/h11-12,14H,6-10H2,1-5H3. The van der Waals surface area contributed by atoms with Gasteiger partial charge in [0.1, 0.15) is 0 Å². The summed E-state index contributed by atoms with van der Waals surface area (Å²) >= 11 is 0. The van der Waals surface area contributed by atoms with Crippen LogP contribution in [0.1, 0.15) is 47.5 Å². The maximum absolute atomic E-state index is 3.67. The molecule has 0 aliphatic carbocycles. The number of piperidine rings is 1. The number of nitrogens with zero attached hydrogens (tertiary/aromatic N) is 1. The van der Waals surface area contributed by atoms with Gasteiger partial charge in [0, 0.05) is 24.7 Å². The lowest BCUT2D eigenvalue weighted by atomic mass is 9.98. The molecule has 1 saturated heterocycles. The molecule has 0 aromatic heterocycles. The van der Waals surface area contributed by atoms with Crippen LogP contribution in [0.5, 0.6) is 0 Å². The van der Waals surface area contributed by atoms with E-state index in [4.69, 9.17) is 0 Å². The third-order valence-corrected chi connectivity index (χ3v) is 3.26. The van der Waals surface area contributed by atoms with Crippen LogP contribution < -0.4 is 5.32 Å². The Kier molecular flexibility index (Phi) is 4.60. The van der Waals surface area contributed by atoms with E-state index in [-0.39, 0.29) is 0 Å². The van der Waals surface area contributed by atoms with E-state index in [1.807, 2.05) is 0 Å². The van der Waals surface area contributed by atoms with Gasteiger partial charge in [-0.1, -0.05) is 13.8 Å². The van der Waals surface area contributed by atoms with E-state index in [9.17, 15) is 0 Å². The Morgan fingerprint density at radius 3 is 2.13 bits per heavy atom. The Bertz CT molecular complexity index is 173. The van der Waals surface area contributed by atoms with Crippen LogP contribution in [0.15, 0.2) is 0 Å². The summed E-state index contributed by atoms with van der Waals surface area (Å²) in [5, 5.41) is 3.67. The zero-order chi connectivity index (χ0) is 11.5. The van der Waals surface area contributed by atoms with Gasteiger partial charge in [0.05, 0.1) is 0 Å². The van der Waals surface area contributed by atoms with Crippen LogP contribution in [0.3, 0.4) is 0 Å². The second kappa shape index (κ2) is 5.31. The molecular formula is C13H28N2. The first-order valence-corrected chi connectivity index (χ1v) is 6.38. The number of hydrogen-bond acceptors (Lipinski definition) is 2. The Hall–Kier alpha value is -0.0800. The van der Waals surface area contributed by atoms with Gasteiger partial charge in [0.2, 0.25) is 0 Å². The fourth-order valence-electron chi connectivity index (χ4n) is 2.16. The summed E-state index contributed by atoms with van der Waals surface area (Å²) in [5.41, 5.74) is 0.350. The minimum atomic E-state index is 0.350. The van der Waals surface area contributed by atoms with Crippen LogP contribution in [0.4, 0.5) is 0 Å². The molecule has 0 atom stereocenters. The highest BCUT2D eigenvalue weighted by molar-refractivity contribution is 4.84. The van der Waals surface area contributed by atoms with E-state index in [2.05, 4.69) is 44.8 Å². The van der Waals surface area contributed by atoms with Crippen molar-refractivity contribution >= 4 is 0 Å². The molecule has 0 radical (unpaired) electrons. The first kappa shape index (κ1) is 13.0. The summed E-state index contributed by atoms with van der Waals surface area (Å²) in [4.78, 5) is 2.60. The van der Waals surface area contributed by atoms with Crippen LogP contribution in [-0.4, -0.2) is 36.1 Å². The molecule has 2 heteroatoms. The van der Waals surface area contributed by atoms with Crippen molar-refractivity contribution < 1.29 is 0 Å². The Morgan fingerprint density at radius 2 is 1.73 bits per heavy atom. The van der Waals surface area contributed by atoms with Crippen molar-refractivity contribution in [2.75, 3.05) is 19.6 Å². The minimum Gasteiger partial charge on any atom is -0.314 e. The van der Waals surface area contributed by atoms with E-state index < -0.39 is 0 Å². The molecule has 2 nitrogen and oxygen atoms in total. The Labute approximate surface area is 95.4 Å². The van der Waals surface area contributed by atoms with Crippen molar-refractivity contribution in [3.05, 3.63) is 0 Å². The molecule has 1 rings (SSSR count). The molecule has 1 aliphatic rings. The van der Waals surface area contributed by atoms with Crippen molar-refractivity contribution in [3.8, 4) is 0 Å². The highest BCUT2D eigenvalue weighted by Crippen LogP contribution is 2.19. The molecule has 0 saturated carbocycles. The molecule has 90 valence electrons. The number of nitrogens with one attached hydrogen (secondary N) is 1. The van der Waals surface area contributed by atoms with Crippen molar-refractivity contribution in [2.45, 2.75) is 59.0 Å². The number of hydrogen-bond donors (Lipinski definition) is 1. The molecule has 0 aromatic carbocycles. The molecule has 1 fully saturated rings. The second-order valence-corrected chi connectivity index (χ2v) is 6.23. The highest BCUT2D eigenvalue weighted by atomic mass is 15.2. The summed E-state index contributed by atoms with van der Waals surface area (Å²) in [7, 11) is 0. The largest absolute Gasteiger partial charge is 0.314 e. The monoisotopic (exact) mass is 212 g/mol. The molecule has 0 bridgehead atoms. The summed E-state index contributed by atoms with van der Waals surface area (Å²) in [5.74, 6) is 0.769. The topological polar surface area (TPSA) is 15.3 Å². The van der Waals surface area contributed by atoms with E-state index in [0.29, 0.717) is 5.54 Å². The fourth-order valence-corrected chi connectivity index (χ4v) is 2.16. The first-order chi connectivity index (χ1) is 6.89. The maximum Gasteiger partial charge on any atom is 0.0125 e. The van der Waals surface area contributed by atoms with Crippen LogP contribution in [0.25, 0.3) is 0 Å². The Balaban J connectivity index is 2.24. The summed E-state index contributed by atoms with van der Waals surface area (Å²) in [6.07, 6.45) is 2.62. The average molecular weight is 212 g/mol. The molecule has 0 amide bonds. The van der Waals surface area contributed by atoms with E-state index in [1.165, 1.54) is 32.5 Å². The van der Waals surface area contributed by atoms with Crippen molar-refractivity contribution in [2.24, 2.45) is 5.92 Å². The normalized spacial score (nSPS) is 21.2. The predicted molar refractivity (Wildman–Crippen MR) is 67.2 cm³/mol. The van der Waals surface area contributed by atoms with Crippen molar-refractivity contribution in [3.63, 3.8) is 0 Å². The lowest BCUT2D eigenvalue weighted by molar-refractivity contribution is 0.0957. The van der Waals surface area contributed by atoms with Crippen LogP contribution in [-0.2, 0) is 0 Å². The lowest BCUT2D eigenvalue weighted by Crippen LogP contribution is -2.50. The third-order valence-electron chi connectivity index (χ3n) is 3.26. The maximum atomic E-state index is 3.67. The quantitative estimate of drug-likeness (QED) is 0.773. The minimum absolute atomic E-state index is 0.350. The van der Waals surface area contributed by atoms with Gasteiger partial charge in [0.15, 0.2) is 0 Å². The van der Waals surface area contributed by atoms with Gasteiger partial charge in [-0.3, -0.25) is 4.90 Å². The number of rotatable bonds is 3. The van der Waals surface area contributed by atoms with Gasteiger partial charge in [-0.05, 0) is 46.1 Å². The van der Waals surface area contributed by atoms with Gasteiger partial charge >= 0.3 is 0 Å². The Morgan fingerprint density at radius 1 is 1.20 bits per heavy atom. The fraction of sp³-hybridized carbons (Fsp3) is 1.00. The molecule has 0 spiro atoms. The highest BCUT2D eigenvalue weighted by Gasteiger charge is 2.26. The van der Waals surface area contributed by atoms with Crippen LogP contribution in [0.2, 0.25) is 0 Å². The second-order valence-electron chi connectivity index (χ2n) is 6.23. The van der Waals surface area contributed by atoms with Crippen LogP contribution in [0, 0.1) is 5.92 Å².